The Morgan fingerprint density at radius 1 is 1.44 bits per heavy atom. The van der Waals surface area contributed by atoms with Crippen molar-refractivity contribution in [1.29, 1.82) is 0 Å². The second-order valence-corrected chi connectivity index (χ2v) is 7.84. The fraction of sp³-hybridized carbons (Fsp3) is 0.632. The molecule has 1 saturated heterocycles. The zero-order chi connectivity index (χ0) is 18.4. The highest BCUT2D eigenvalue weighted by atomic mass is 35.5. The lowest BCUT2D eigenvalue weighted by molar-refractivity contribution is -0.0348. The summed E-state index contributed by atoms with van der Waals surface area (Å²) in [4.78, 5) is 14.1. The van der Waals surface area contributed by atoms with Gasteiger partial charge in [-0.25, -0.2) is 4.79 Å². The lowest BCUT2D eigenvalue weighted by atomic mass is 9.88. The van der Waals surface area contributed by atoms with Crippen LogP contribution in [-0.2, 0) is 9.47 Å². The van der Waals surface area contributed by atoms with Crippen LogP contribution in [0.5, 0.6) is 0 Å². The molecule has 140 valence electrons. The minimum atomic E-state index is -0.510. The number of carbonyl (C=O) groups is 1. The van der Waals surface area contributed by atoms with Gasteiger partial charge in [0.15, 0.2) is 0 Å². The Bertz CT molecular complexity index is 573. The molecule has 1 aromatic rings. The average molecular weight is 370 g/mol. The first-order valence-electron chi connectivity index (χ1n) is 8.76. The van der Waals surface area contributed by atoms with Crippen LogP contribution in [0.1, 0.15) is 45.3 Å². The highest BCUT2D eigenvalue weighted by molar-refractivity contribution is 6.30. The number of hydrogen-bond donors (Lipinski definition) is 1. The van der Waals surface area contributed by atoms with Gasteiger partial charge in [-0.15, -0.1) is 0 Å². The quantitative estimate of drug-likeness (QED) is 0.851. The molecule has 0 radical (unpaired) electrons. The molecule has 0 bridgehead atoms. The van der Waals surface area contributed by atoms with Gasteiger partial charge in [0.05, 0.1) is 19.3 Å². The highest BCUT2D eigenvalue weighted by Crippen LogP contribution is 2.34. The standard InChI is InChI=1S/C19H28ClNO4/c1-19(2,3)25-18(23)21-9-5-7-15(13-21)17(24-11-10-22)14-6-4-8-16(20)12-14/h4,6,8,12,15,17,22H,5,7,9-11,13H2,1-3H3/t15?,17-/m0/s1. The molecule has 0 aliphatic carbocycles. The third-order valence-corrected chi connectivity index (χ3v) is 4.34. The van der Waals surface area contributed by atoms with Crippen LogP contribution in [0, 0.1) is 5.92 Å². The van der Waals surface area contributed by atoms with Crippen molar-refractivity contribution in [3.05, 3.63) is 34.9 Å². The summed E-state index contributed by atoms with van der Waals surface area (Å²) in [6, 6.07) is 7.57. The largest absolute Gasteiger partial charge is 0.444 e. The number of rotatable bonds is 5. The average Bonchev–Trinajstić information content (AvgIpc) is 2.54. The number of likely N-dealkylation sites (tertiary alicyclic amines) is 1. The molecule has 1 aliphatic heterocycles. The maximum absolute atomic E-state index is 12.4. The monoisotopic (exact) mass is 369 g/mol. The van der Waals surface area contributed by atoms with E-state index in [1.807, 2.05) is 45.0 Å². The number of benzene rings is 1. The predicted molar refractivity (Wildman–Crippen MR) is 97.8 cm³/mol. The van der Waals surface area contributed by atoms with Crippen molar-refractivity contribution in [2.75, 3.05) is 26.3 Å². The molecule has 2 atom stereocenters. The zero-order valence-corrected chi connectivity index (χ0v) is 16.0. The molecule has 1 amide bonds. The van der Waals surface area contributed by atoms with E-state index in [0.717, 1.165) is 18.4 Å². The molecule has 25 heavy (non-hydrogen) atoms. The molecule has 1 aromatic carbocycles. The molecule has 0 spiro atoms. The number of piperidine rings is 1. The molecule has 5 nitrogen and oxygen atoms in total. The van der Waals surface area contributed by atoms with Crippen molar-refractivity contribution < 1.29 is 19.4 Å². The van der Waals surface area contributed by atoms with Crippen molar-refractivity contribution in [3.8, 4) is 0 Å². The maximum Gasteiger partial charge on any atom is 0.410 e. The number of hydrogen-bond acceptors (Lipinski definition) is 4. The minimum Gasteiger partial charge on any atom is -0.444 e. The van der Waals surface area contributed by atoms with Crippen molar-refractivity contribution in [2.45, 2.75) is 45.3 Å². The third-order valence-electron chi connectivity index (χ3n) is 4.10. The van der Waals surface area contributed by atoms with Crippen LogP contribution in [0.25, 0.3) is 0 Å². The topological polar surface area (TPSA) is 59.0 Å². The van der Waals surface area contributed by atoms with Gasteiger partial charge >= 0.3 is 6.09 Å². The Kier molecular flexibility index (Phi) is 7.11. The Labute approximate surface area is 154 Å². The van der Waals surface area contributed by atoms with E-state index >= 15 is 0 Å². The number of aliphatic hydroxyl groups excluding tert-OH is 1. The Morgan fingerprint density at radius 2 is 2.20 bits per heavy atom. The van der Waals surface area contributed by atoms with E-state index in [-0.39, 0.29) is 31.3 Å². The summed E-state index contributed by atoms with van der Waals surface area (Å²) in [7, 11) is 0. The smallest absolute Gasteiger partial charge is 0.410 e. The Balaban J connectivity index is 2.12. The second-order valence-electron chi connectivity index (χ2n) is 7.40. The van der Waals surface area contributed by atoms with E-state index in [4.69, 9.17) is 26.2 Å². The van der Waals surface area contributed by atoms with E-state index in [0.29, 0.717) is 18.1 Å². The van der Waals surface area contributed by atoms with Gasteiger partial charge in [-0.2, -0.15) is 0 Å². The van der Waals surface area contributed by atoms with Crippen LogP contribution in [0.3, 0.4) is 0 Å². The van der Waals surface area contributed by atoms with Crippen molar-refractivity contribution in [3.63, 3.8) is 0 Å². The van der Waals surface area contributed by atoms with Gasteiger partial charge in [0.1, 0.15) is 5.60 Å². The normalized spacial score (nSPS) is 19.6. The predicted octanol–water partition coefficient (Wildman–Crippen LogP) is 4.04. The summed E-state index contributed by atoms with van der Waals surface area (Å²) in [6.45, 7) is 7.06. The van der Waals surface area contributed by atoms with Crippen LogP contribution in [0.2, 0.25) is 5.02 Å². The molecular weight excluding hydrogens is 342 g/mol. The van der Waals surface area contributed by atoms with E-state index in [1.165, 1.54) is 0 Å². The van der Waals surface area contributed by atoms with E-state index < -0.39 is 5.60 Å². The number of nitrogens with zero attached hydrogens (tertiary/aromatic N) is 1. The van der Waals surface area contributed by atoms with Crippen LogP contribution < -0.4 is 0 Å². The van der Waals surface area contributed by atoms with Gasteiger partial charge in [-0.1, -0.05) is 23.7 Å². The first-order chi connectivity index (χ1) is 11.8. The summed E-state index contributed by atoms with van der Waals surface area (Å²) in [6.07, 6.45) is 1.34. The SMILES string of the molecule is CC(C)(C)OC(=O)N1CCCC([C@@H](OCCO)c2cccc(Cl)c2)C1. The van der Waals surface area contributed by atoms with Crippen LogP contribution in [0.15, 0.2) is 24.3 Å². The number of carbonyl (C=O) groups excluding carboxylic acids is 1. The first-order valence-corrected chi connectivity index (χ1v) is 9.14. The van der Waals surface area contributed by atoms with Crippen molar-refractivity contribution in [2.24, 2.45) is 5.92 Å². The first kappa shape index (κ1) is 20.0. The molecule has 0 aromatic heterocycles. The van der Waals surface area contributed by atoms with Gasteiger partial charge in [-0.3, -0.25) is 0 Å². The third kappa shape index (κ3) is 6.17. The minimum absolute atomic E-state index is 0.0421. The van der Waals surface area contributed by atoms with E-state index in [9.17, 15) is 4.79 Å². The van der Waals surface area contributed by atoms with Crippen molar-refractivity contribution >= 4 is 17.7 Å². The number of amides is 1. The Hall–Kier alpha value is -1.30. The summed E-state index contributed by atoms with van der Waals surface area (Å²) >= 11 is 6.12. The molecule has 1 N–H and O–H groups in total. The van der Waals surface area contributed by atoms with Gasteiger partial charge in [0.2, 0.25) is 0 Å². The van der Waals surface area contributed by atoms with Crippen LogP contribution in [0.4, 0.5) is 4.79 Å². The number of halogens is 1. The molecule has 2 rings (SSSR count). The molecular formula is C19H28ClNO4. The molecule has 1 unspecified atom stereocenters. The highest BCUT2D eigenvalue weighted by Gasteiger charge is 2.33. The second kappa shape index (κ2) is 8.88. The van der Waals surface area contributed by atoms with Gasteiger partial charge in [-0.05, 0) is 51.3 Å². The van der Waals surface area contributed by atoms with Crippen molar-refractivity contribution in [1.82, 2.24) is 4.90 Å². The molecule has 1 heterocycles. The van der Waals surface area contributed by atoms with Gasteiger partial charge < -0.3 is 19.5 Å². The molecule has 6 heteroatoms. The van der Waals surface area contributed by atoms with E-state index in [2.05, 4.69) is 0 Å². The lowest BCUT2D eigenvalue weighted by Gasteiger charge is -2.37. The lowest BCUT2D eigenvalue weighted by Crippen LogP contribution is -2.44. The fourth-order valence-electron chi connectivity index (χ4n) is 3.12. The molecule has 1 fully saturated rings. The number of ether oxygens (including phenoxy) is 2. The summed E-state index contributed by atoms with van der Waals surface area (Å²) < 4.78 is 11.4. The molecule has 1 aliphatic rings. The molecule has 0 saturated carbocycles. The Morgan fingerprint density at radius 3 is 2.84 bits per heavy atom. The summed E-state index contributed by atoms with van der Waals surface area (Å²) in [5.74, 6) is 0.131. The van der Waals surface area contributed by atoms with E-state index in [1.54, 1.807) is 4.90 Å². The number of aliphatic hydroxyl groups is 1. The summed E-state index contributed by atoms with van der Waals surface area (Å²) in [5.41, 5.74) is 0.459. The van der Waals surface area contributed by atoms with Gasteiger partial charge in [0, 0.05) is 24.0 Å². The zero-order valence-electron chi connectivity index (χ0n) is 15.2. The van der Waals surface area contributed by atoms with Crippen LogP contribution >= 0.6 is 11.6 Å². The fourth-order valence-corrected chi connectivity index (χ4v) is 3.32. The van der Waals surface area contributed by atoms with Crippen LogP contribution in [-0.4, -0.2) is 48.0 Å². The maximum atomic E-state index is 12.4. The van der Waals surface area contributed by atoms with Gasteiger partial charge in [0.25, 0.3) is 0 Å². The summed E-state index contributed by atoms with van der Waals surface area (Å²) in [5, 5.41) is 9.80.